The van der Waals surface area contributed by atoms with Gasteiger partial charge in [-0.15, -0.1) is 23.5 Å². The summed E-state index contributed by atoms with van der Waals surface area (Å²) in [4.78, 5) is 12.2. The highest BCUT2D eigenvalue weighted by Crippen LogP contribution is 2.45. The van der Waals surface area contributed by atoms with Gasteiger partial charge in [-0.25, -0.2) is 4.39 Å². The summed E-state index contributed by atoms with van der Waals surface area (Å²) in [7, 11) is 0. The third-order valence-electron chi connectivity index (χ3n) is 3.25. The fraction of sp³-hybridized carbons (Fsp3) is 0.188. The highest BCUT2D eigenvalue weighted by molar-refractivity contribution is 8.19. The molecule has 6 heteroatoms. The van der Waals surface area contributed by atoms with Gasteiger partial charge >= 0.3 is 0 Å². The third kappa shape index (κ3) is 3.59. The summed E-state index contributed by atoms with van der Waals surface area (Å²) >= 11 is 9.53. The van der Waals surface area contributed by atoms with Crippen molar-refractivity contribution in [2.75, 3.05) is 16.8 Å². The van der Waals surface area contributed by atoms with Gasteiger partial charge in [0.2, 0.25) is 0 Å². The predicted octanol–water partition coefficient (Wildman–Crippen LogP) is 5.21. The maximum atomic E-state index is 13.7. The molecule has 114 valence electrons. The number of carbonyl (C=O) groups is 1. The standard InChI is InChI=1S/C16H13ClFNOS2/c17-12-5-6-14(13(18)9-12)19-15(20)10-1-3-11(4-2-10)16-21-7-8-22-16/h1-6,9,16H,7-8H2,(H,19,20). The number of carbonyl (C=O) groups excluding carboxylic acids is 1. The van der Waals surface area contributed by atoms with E-state index < -0.39 is 5.82 Å². The molecule has 1 heterocycles. The zero-order chi connectivity index (χ0) is 15.5. The second-order valence-corrected chi connectivity index (χ2v) is 7.93. The fourth-order valence-electron chi connectivity index (χ4n) is 2.13. The van der Waals surface area contributed by atoms with Crippen molar-refractivity contribution < 1.29 is 9.18 Å². The van der Waals surface area contributed by atoms with Gasteiger partial charge in [-0.2, -0.15) is 0 Å². The molecule has 0 saturated carbocycles. The summed E-state index contributed by atoms with van der Waals surface area (Å²) in [5.41, 5.74) is 1.84. The minimum atomic E-state index is -0.545. The Balaban J connectivity index is 1.71. The van der Waals surface area contributed by atoms with E-state index >= 15 is 0 Å². The molecule has 0 unspecified atom stereocenters. The number of thioether (sulfide) groups is 2. The number of hydrogen-bond donors (Lipinski definition) is 1. The Morgan fingerprint density at radius 1 is 1.14 bits per heavy atom. The number of nitrogens with one attached hydrogen (secondary N) is 1. The molecule has 0 radical (unpaired) electrons. The first-order valence-corrected chi connectivity index (χ1v) is 9.20. The largest absolute Gasteiger partial charge is 0.319 e. The van der Waals surface area contributed by atoms with Crippen LogP contribution in [0.25, 0.3) is 0 Å². The van der Waals surface area contributed by atoms with Gasteiger partial charge in [0.15, 0.2) is 0 Å². The molecule has 0 aromatic heterocycles. The van der Waals surface area contributed by atoms with E-state index in [4.69, 9.17) is 11.6 Å². The molecule has 0 atom stereocenters. The minimum Gasteiger partial charge on any atom is -0.319 e. The Morgan fingerprint density at radius 3 is 2.45 bits per heavy atom. The van der Waals surface area contributed by atoms with Crippen LogP contribution in [0, 0.1) is 5.82 Å². The molecule has 1 fully saturated rings. The van der Waals surface area contributed by atoms with E-state index in [9.17, 15) is 9.18 Å². The highest BCUT2D eigenvalue weighted by Gasteiger charge is 2.18. The topological polar surface area (TPSA) is 29.1 Å². The molecule has 2 nitrogen and oxygen atoms in total. The van der Waals surface area contributed by atoms with E-state index in [1.54, 1.807) is 12.1 Å². The van der Waals surface area contributed by atoms with Gasteiger partial charge in [-0.3, -0.25) is 4.79 Å². The smallest absolute Gasteiger partial charge is 0.255 e. The van der Waals surface area contributed by atoms with Gasteiger partial charge in [-0.05, 0) is 35.9 Å². The van der Waals surface area contributed by atoms with Gasteiger partial charge in [-0.1, -0.05) is 23.7 Å². The van der Waals surface area contributed by atoms with Crippen LogP contribution in [0.1, 0.15) is 20.5 Å². The van der Waals surface area contributed by atoms with Crippen molar-refractivity contribution in [2.45, 2.75) is 4.58 Å². The van der Waals surface area contributed by atoms with Crippen molar-refractivity contribution in [3.05, 3.63) is 64.4 Å². The lowest BCUT2D eigenvalue weighted by Crippen LogP contribution is -2.13. The van der Waals surface area contributed by atoms with Crippen molar-refractivity contribution in [3.8, 4) is 0 Å². The van der Waals surface area contributed by atoms with Crippen LogP contribution in [-0.4, -0.2) is 17.4 Å². The molecular weight excluding hydrogens is 341 g/mol. The summed E-state index contributed by atoms with van der Waals surface area (Å²) in [5.74, 6) is 1.44. The van der Waals surface area contributed by atoms with Crippen LogP contribution in [0.15, 0.2) is 42.5 Å². The van der Waals surface area contributed by atoms with Gasteiger partial charge < -0.3 is 5.32 Å². The van der Waals surface area contributed by atoms with E-state index in [1.165, 1.54) is 23.8 Å². The Labute approximate surface area is 141 Å². The van der Waals surface area contributed by atoms with Gasteiger partial charge in [0.05, 0.1) is 10.3 Å². The molecule has 22 heavy (non-hydrogen) atoms. The number of amides is 1. The van der Waals surface area contributed by atoms with Crippen molar-refractivity contribution in [3.63, 3.8) is 0 Å². The zero-order valence-electron chi connectivity index (χ0n) is 11.5. The number of rotatable bonds is 3. The van der Waals surface area contributed by atoms with Crippen molar-refractivity contribution >= 4 is 46.7 Å². The van der Waals surface area contributed by atoms with Crippen LogP contribution < -0.4 is 5.32 Å². The number of hydrogen-bond acceptors (Lipinski definition) is 3. The Kier molecular flexibility index (Phi) is 4.96. The summed E-state index contributed by atoms with van der Waals surface area (Å²) in [6.45, 7) is 0. The lowest BCUT2D eigenvalue weighted by molar-refractivity contribution is 0.102. The van der Waals surface area contributed by atoms with Crippen molar-refractivity contribution in [2.24, 2.45) is 0 Å². The van der Waals surface area contributed by atoms with Gasteiger partial charge in [0.1, 0.15) is 5.82 Å². The Hall–Kier alpha value is -1.17. The second kappa shape index (κ2) is 6.94. The lowest BCUT2D eigenvalue weighted by Gasteiger charge is -2.10. The summed E-state index contributed by atoms with van der Waals surface area (Å²) in [5, 5.41) is 2.86. The van der Waals surface area contributed by atoms with E-state index in [0.29, 0.717) is 15.2 Å². The molecule has 2 aromatic rings. The minimum absolute atomic E-state index is 0.125. The number of anilines is 1. The first-order valence-electron chi connectivity index (χ1n) is 6.73. The second-order valence-electron chi connectivity index (χ2n) is 4.77. The Morgan fingerprint density at radius 2 is 1.82 bits per heavy atom. The summed E-state index contributed by atoms with van der Waals surface area (Å²) < 4.78 is 14.1. The molecule has 1 aliphatic heterocycles. The predicted molar refractivity (Wildman–Crippen MR) is 93.5 cm³/mol. The lowest BCUT2D eigenvalue weighted by atomic mass is 10.1. The van der Waals surface area contributed by atoms with Crippen molar-refractivity contribution in [1.29, 1.82) is 0 Å². The first-order chi connectivity index (χ1) is 10.6. The van der Waals surface area contributed by atoms with Crippen LogP contribution >= 0.6 is 35.1 Å². The average Bonchev–Trinajstić information content (AvgIpc) is 3.04. The number of benzene rings is 2. The SMILES string of the molecule is O=C(Nc1ccc(Cl)cc1F)c1ccc(C2SCCS2)cc1. The molecular formula is C16H13ClFNOS2. The summed E-state index contributed by atoms with van der Waals surface area (Å²) in [6, 6.07) is 11.6. The van der Waals surface area contributed by atoms with Crippen LogP contribution in [0.3, 0.4) is 0 Å². The van der Waals surface area contributed by atoms with E-state index in [2.05, 4.69) is 5.32 Å². The fourth-order valence-corrected chi connectivity index (χ4v) is 5.15. The first kappa shape index (κ1) is 15.7. The van der Waals surface area contributed by atoms with E-state index in [0.717, 1.165) is 11.5 Å². The zero-order valence-corrected chi connectivity index (χ0v) is 13.9. The van der Waals surface area contributed by atoms with Gasteiger partial charge in [0, 0.05) is 22.1 Å². The van der Waals surface area contributed by atoms with Crippen molar-refractivity contribution in [1.82, 2.24) is 0 Å². The van der Waals surface area contributed by atoms with E-state index in [-0.39, 0.29) is 11.6 Å². The van der Waals surface area contributed by atoms with Gasteiger partial charge in [0.25, 0.3) is 5.91 Å². The molecule has 1 saturated heterocycles. The summed E-state index contributed by atoms with van der Waals surface area (Å²) in [6.07, 6.45) is 0. The van der Waals surface area contributed by atoms with Crippen LogP contribution in [0.4, 0.5) is 10.1 Å². The normalized spacial score (nSPS) is 15.0. The third-order valence-corrected chi connectivity index (χ3v) is 6.59. The maximum absolute atomic E-state index is 13.7. The van der Waals surface area contributed by atoms with Crippen LogP contribution in [0.5, 0.6) is 0 Å². The quantitative estimate of drug-likeness (QED) is 0.821. The monoisotopic (exact) mass is 353 g/mol. The highest BCUT2D eigenvalue weighted by atomic mass is 35.5. The Bertz CT molecular complexity index is 687. The molecule has 0 bridgehead atoms. The maximum Gasteiger partial charge on any atom is 0.255 e. The van der Waals surface area contributed by atoms with Crippen LogP contribution in [-0.2, 0) is 0 Å². The molecule has 1 N–H and O–H groups in total. The molecule has 1 amide bonds. The molecule has 0 spiro atoms. The van der Waals surface area contributed by atoms with Crippen LogP contribution in [0.2, 0.25) is 5.02 Å². The molecule has 3 rings (SSSR count). The molecule has 0 aliphatic carbocycles. The van der Waals surface area contributed by atoms with E-state index in [1.807, 2.05) is 35.7 Å². The average molecular weight is 354 g/mol. The number of halogens is 2. The molecule has 2 aromatic carbocycles. The molecule has 1 aliphatic rings.